The number of benzene rings is 2. The summed E-state index contributed by atoms with van der Waals surface area (Å²) in [4.78, 5) is 12.7. The third-order valence-electron chi connectivity index (χ3n) is 4.82. The van der Waals surface area contributed by atoms with Crippen LogP contribution in [-0.2, 0) is 16.4 Å². The third kappa shape index (κ3) is 4.51. The first-order valence-corrected chi connectivity index (χ1v) is 11.4. The van der Waals surface area contributed by atoms with Crippen molar-refractivity contribution in [1.82, 2.24) is 10.0 Å². The highest BCUT2D eigenvalue weighted by atomic mass is 35.5. The van der Waals surface area contributed by atoms with Crippen molar-refractivity contribution in [2.45, 2.75) is 43.5 Å². The lowest BCUT2D eigenvalue weighted by Gasteiger charge is -2.16. The van der Waals surface area contributed by atoms with Crippen LogP contribution < -0.4 is 10.0 Å². The summed E-state index contributed by atoms with van der Waals surface area (Å²) in [7, 11) is -3.83. The molecule has 28 heavy (non-hydrogen) atoms. The van der Waals surface area contributed by atoms with Gasteiger partial charge in [0.05, 0.1) is 21.7 Å². The first kappa shape index (κ1) is 21.1. The van der Waals surface area contributed by atoms with Crippen molar-refractivity contribution in [3.05, 3.63) is 63.1 Å². The van der Waals surface area contributed by atoms with E-state index in [0.29, 0.717) is 13.0 Å². The van der Waals surface area contributed by atoms with Crippen LogP contribution in [0.2, 0.25) is 10.0 Å². The lowest BCUT2D eigenvalue weighted by Crippen LogP contribution is -2.29. The molecule has 0 radical (unpaired) electrons. The fourth-order valence-corrected chi connectivity index (χ4v) is 5.24. The Kier molecular flexibility index (Phi) is 6.65. The topological polar surface area (TPSA) is 75.3 Å². The molecule has 0 aromatic heterocycles. The minimum Gasteiger partial charge on any atom is -0.345 e. The van der Waals surface area contributed by atoms with Gasteiger partial charge in [0, 0.05) is 6.54 Å². The van der Waals surface area contributed by atoms with E-state index in [4.69, 9.17) is 23.2 Å². The van der Waals surface area contributed by atoms with Crippen LogP contribution in [0.3, 0.4) is 0 Å². The van der Waals surface area contributed by atoms with E-state index in [2.05, 4.69) is 10.0 Å². The SMILES string of the molecule is CCCCNS(=O)(=O)c1cc(C(=O)NC2CCc3ccccc32)c(Cl)cc1Cl. The quantitative estimate of drug-likeness (QED) is 0.622. The number of unbranched alkanes of at least 4 members (excludes halogenated alkanes) is 1. The number of sulfonamides is 1. The smallest absolute Gasteiger partial charge is 0.253 e. The molecule has 150 valence electrons. The molecule has 0 saturated carbocycles. The summed E-state index contributed by atoms with van der Waals surface area (Å²) in [6.07, 6.45) is 3.24. The largest absolute Gasteiger partial charge is 0.345 e. The summed E-state index contributed by atoms with van der Waals surface area (Å²) in [5.41, 5.74) is 2.37. The van der Waals surface area contributed by atoms with Gasteiger partial charge in [-0.25, -0.2) is 13.1 Å². The Balaban J connectivity index is 1.85. The zero-order valence-electron chi connectivity index (χ0n) is 15.5. The number of aryl methyl sites for hydroxylation is 1. The molecule has 1 amide bonds. The van der Waals surface area contributed by atoms with Gasteiger partial charge in [0.15, 0.2) is 0 Å². The molecule has 1 aliphatic rings. The molecule has 2 aromatic rings. The number of hydrogen-bond acceptors (Lipinski definition) is 3. The van der Waals surface area contributed by atoms with Crippen LogP contribution in [0, 0.1) is 0 Å². The van der Waals surface area contributed by atoms with Crippen molar-refractivity contribution >= 4 is 39.1 Å². The molecule has 8 heteroatoms. The van der Waals surface area contributed by atoms with Crippen molar-refractivity contribution in [2.24, 2.45) is 0 Å². The van der Waals surface area contributed by atoms with E-state index in [1.165, 1.54) is 17.7 Å². The number of hydrogen-bond donors (Lipinski definition) is 2. The van der Waals surface area contributed by atoms with Crippen LogP contribution in [-0.4, -0.2) is 20.9 Å². The zero-order valence-corrected chi connectivity index (χ0v) is 17.8. The standard InChI is InChI=1S/C20H22Cl2N2O3S/c1-2-3-10-23-28(26,27)19-11-15(16(21)12-17(19)22)20(25)24-18-9-8-13-6-4-5-7-14(13)18/h4-7,11-12,18,23H,2-3,8-10H2,1H3,(H,24,25). The molecule has 0 saturated heterocycles. The second-order valence-electron chi connectivity index (χ2n) is 6.78. The first-order chi connectivity index (χ1) is 13.3. The normalized spacial score (nSPS) is 16.0. The maximum Gasteiger partial charge on any atom is 0.253 e. The molecular weight excluding hydrogens is 419 g/mol. The van der Waals surface area contributed by atoms with Crippen molar-refractivity contribution < 1.29 is 13.2 Å². The minimum atomic E-state index is -3.83. The molecule has 1 atom stereocenters. The summed E-state index contributed by atoms with van der Waals surface area (Å²) in [5, 5.41) is 3.06. The van der Waals surface area contributed by atoms with E-state index in [-0.39, 0.29) is 26.5 Å². The summed E-state index contributed by atoms with van der Waals surface area (Å²) in [6.45, 7) is 2.27. The zero-order chi connectivity index (χ0) is 20.3. The van der Waals surface area contributed by atoms with Gasteiger partial charge in [0.25, 0.3) is 5.91 Å². The van der Waals surface area contributed by atoms with Gasteiger partial charge in [-0.2, -0.15) is 0 Å². The van der Waals surface area contributed by atoms with Crippen molar-refractivity contribution in [3.63, 3.8) is 0 Å². The fourth-order valence-electron chi connectivity index (χ4n) is 3.31. The van der Waals surface area contributed by atoms with E-state index in [1.807, 2.05) is 31.2 Å². The Hall–Kier alpha value is -1.60. The second kappa shape index (κ2) is 8.82. The van der Waals surface area contributed by atoms with Crippen LogP contribution in [0.5, 0.6) is 0 Å². The molecular formula is C20H22Cl2N2O3S. The predicted molar refractivity (Wildman–Crippen MR) is 112 cm³/mol. The Bertz CT molecular complexity index is 993. The molecule has 0 bridgehead atoms. The van der Waals surface area contributed by atoms with E-state index >= 15 is 0 Å². The average molecular weight is 441 g/mol. The minimum absolute atomic E-state index is 0.0169. The summed E-state index contributed by atoms with van der Waals surface area (Å²) in [5.74, 6) is -0.423. The predicted octanol–water partition coefficient (Wildman–Crippen LogP) is 4.49. The Labute approximate surface area is 175 Å². The molecule has 0 heterocycles. The van der Waals surface area contributed by atoms with Gasteiger partial charge in [-0.3, -0.25) is 4.79 Å². The fraction of sp³-hybridized carbons (Fsp3) is 0.350. The van der Waals surface area contributed by atoms with Gasteiger partial charge in [-0.1, -0.05) is 60.8 Å². The summed E-state index contributed by atoms with van der Waals surface area (Å²) < 4.78 is 27.6. The molecule has 5 nitrogen and oxygen atoms in total. The van der Waals surface area contributed by atoms with E-state index in [9.17, 15) is 13.2 Å². The van der Waals surface area contributed by atoms with Crippen LogP contribution in [0.1, 0.15) is 53.7 Å². The average Bonchev–Trinajstić information content (AvgIpc) is 3.04. The van der Waals surface area contributed by atoms with E-state index < -0.39 is 15.9 Å². The van der Waals surface area contributed by atoms with Crippen LogP contribution in [0.25, 0.3) is 0 Å². The molecule has 1 unspecified atom stereocenters. The number of nitrogens with one attached hydrogen (secondary N) is 2. The highest BCUT2D eigenvalue weighted by Crippen LogP contribution is 2.33. The molecule has 0 fully saturated rings. The molecule has 0 spiro atoms. The summed E-state index contributed by atoms with van der Waals surface area (Å²) >= 11 is 12.3. The Morgan fingerprint density at radius 2 is 1.93 bits per heavy atom. The highest BCUT2D eigenvalue weighted by molar-refractivity contribution is 7.89. The number of carbonyl (C=O) groups is 1. The highest BCUT2D eigenvalue weighted by Gasteiger charge is 2.26. The van der Waals surface area contributed by atoms with E-state index in [1.54, 1.807) is 0 Å². The first-order valence-electron chi connectivity index (χ1n) is 9.21. The second-order valence-corrected chi connectivity index (χ2v) is 9.33. The van der Waals surface area contributed by atoms with Crippen molar-refractivity contribution in [3.8, 4) is 0 Å². The maximum absolute atomic E-state index is 12.8. The van der Waals surface area contributed by atoms with Gasteiger partial charge < -0.3 is 5.32 Å². The molecule has 3 rings (SSSR count). The molecule has 0 aliphatic heterocycles. The van der Waals surface area contributed by atoms with Gasteiger partial charge in [-0.15, -0.1) is 0 Å². The number of fused-ring (bicyclic) bond motifs is 1. The van der Waals surface area contributed by atoms with Gasteiger partial charge in [0.1, 0.15) is 4.90 Å². The molecule has 1 aliphatic carbocycles. The van der Waals surface area contributed by atoms with E-state index in [0.717, 1.165) is 24.8 Å². The number of halogens is 2. The number of amides is 1. The van der Waals surface area contributed by atoms with Gasteiger partial charge in [0.2, 0.25) is 10.0 Å². The van der Waals surface area contributed by atoms with Crippen molar-refractivity contribution in [2.75, 3.05) is 6.54 Å². The monoisotopic (exact) mass is 440 g/mol. The van der Waals surface area contributed by atoms with Crippen molar-refractivity contribution in [1.29, 1.82) is 0 Å². The Morgan fingerprint density at radius 3 is 2.68 bits per heavy atom. The molecule has 2 N–H and O–H groups in total. The third-order valence-corrected chi connectivity index (χ3v) is 7.05. The van der Waals surface area contributed by atoms with Crippen LogP contribution >= 0.6 is 23.2 Å². The van der Waals surface area contributed by atoms with Gasteiger partial charge in [-0.05, 0) is 42.5 Å². The number of carbonyl (C=O) groups excluding carboxylic acids is 1. The number of rotatable bonds is 7. The lowest BCUT2D eigenvalue weighted by molar-refractivity contribution is 0.0936. The lowest BCUT2D eigenvalue weighted by atomic mass is 10.1. The maximum atomic E-state index is 12.8. The Morgan fingerprint density at radius 1 is 1.18 bits per heavy atom. The van der Waals surface area contributed by atoms with Gasteiger partial charge >= 0.3 is 0 Å². The van der Waals surface area contributed by atoms with Crippen LogP contribution in [0.4, 0.5) is 0 Å². The summed E-state index contributed by atoms with van der Waals surface area (Å²) in [6, 6.07) is 10.4. The van der Waals surface area contributed by atoms with Crippen LogP contribution in [0.15, 0.2) is 41.3 Å². The molecule has 2 aromatic carbocycles.